The predicted octanol–water partition coefficient (Wildman–Crippen LogP) is 4.64. The summed E-state index contributed by atoms with van der Waals surface area (Å²) >= 11 is 6.07. The summed E-state index contributed by atoms with van der Waals surface area (Å²) in [5.41, 5.74) is 5.23. The van der Waals surface area contributed by atoms with Gasteiger partial charge in [-0.1, -0.05) is 61.8 Å². The van der Waals surface area contributed by atoms with Crippen molar-refractivity contribution in [2.24, 2.45) is 0 Å². The molecule has 0 amide bonds. The van der Waals surface area contributed by atoms with Crippen LogP contribution in [0.15, 0.2) is 71.8 Å². The van der Waals surface area contributed by atoms with E-state index in [9.17, 15) is 4.79 Å². The van der Waals surface area contributed by atoms with Gasteiger partial charge in [0.25, 0.3) is 0 Å². The molecule has 0 aliphatic rings. The summed E-state index contributed by atoms with van der Waals surface area (Å²) in [6.07, 6.45) is 3.48. The van der Waals surface area contributed by atoms with Crippen LogP contribution in [0.1, 0.15) is 30.9 Å². The third-order valence-electron chi connectivity index (χ3n) is 5.29. The second kappa shape index (κ2) is 7.15. The molecule has 0 atom stereocenters. The van der Waals surface area contributed by atoms with Gasteiger partial charge in [-0.05, 0) is 35.2 Å². The van der Waals surface area contributed by atoms with Crippen LogP contribution >= 0.6 is 11.6 Å². The standard InChI is InChI=1S/C23H20ClN5O/c1-15(2)17-6-8-18(9-7-17)20-13-21-22-26-29(14-16-4-3-5-19(24)12-16)23(30)27(22)10-11-28(21)25-20/h3-13,15H,14H2,1-2H3. The van der Waals surface area contributed by atoms with Crippen molar-refractivity contribution in [3.63, 3.8) is 0 Å². The summed E-state index contributed by atoms with van der Waals surface area (Å²) < 4.78 is 4.76. The summed E-state index contributed by atoms with van der Waals surface area (Å²) in [5.74, 6) is 0.482. The Morgan fingerprint density at radius 2 is 1.80 bits per heavy atom. The van der Waals surface area contributed by atoms with E-state index in [1.165, 1.54) is 10.2 Å². The maximum absolute atomic E-state index is 12.8. The molecule has 0 unspecified atom stereocenters. The average Bonchev–Trinajstić information content (AvgIpc) is 3.30. The molecule has 0 bridgehead atoms. The molecule has 0 aliphatic carbocycles. The van der Waals surface area contributed by atoms with Gasteiger partial charge >= 0.3 is 5.69 Å². The Morgan fingerprint density at radius 1 is 1.00 bits per heavy atom. The van der Waals surface area contributed by atoms with Crippen molar-refractivity contribution < 1.29 is 0 Å². The summed E-state index contributed by atoms with van der Waals surface area (Å²) in [7, 11) is 0. The Hall–Kier alpha value is -3.38. The fourth-order valence-corrected chi connectivity index (χ4v) is 3.84. The molecule has 6 nitrogen and oxygen atoms in total. The fraction of sp³-hybridized carbons (Fsp3) is 0.174. The molecule has 0 aliphatic heterocycles. The van der Waals surface area contributed by atoms with Crippen LogP contribution in [-0.2, 0) is 6.54 Å². The van der Waals surface area contributed by atoms with Crippen molar-refractivity contribution >= 4 is 22.8 Å². The van der Waals surface area contributed by atoms with Crippen molar-refractivity contribution in [1.29, 1.82) is 0 Å². The third-order valence-corrected chi connectivity index (χ3v) is 5.52. The van der Waals surface area contributed by atoms with E-state index in [1.807, 2.05) is 30.3 Å². The maximum atomic E-state index is 12.8. The second-order valence-electron chi connectivity index (χ2n) is 7.70. The number of hydrogen-bond acceptors (Lipinski definition) is 3. The van der Waals surface area contributed by atoms with Gasteiger partial charge < -0.3 is 0 Å². The van der Waals surface area contributed by atoms with Crippen LogP contribution in [0.3, 0.4) is 0 Å². The highest BCUT2D eigenvalue weighted by Crippen LogP contribution is 2.24. The van der Waals surface area contributed by atoms with Gasteiger partial charge in [0.15, 0.2) is 5.65 Å². The largest absolute Gasteiger partial charge is 0.350 e. The number of fused-ring (bicyclic) bond motifs is 3. The summed E-state index contributed by atoms with van der Waals surface area (Å²) in [5, 5.41) is 9.88. The molecule has 30 heavy (non-hydrogen) atoms. The minimum atomic E-state index is -0.198. The van der Waals surface area contributed by atoms with Gasteiger partial charge in [-0.3, -0.25) is 0 Å². The maximum Gasteiger partial charge on any atom is 0.350 e. The molecular formula is C23H20ClN5O. The lowest BCUT2D eigenvalue weighted by atomic mass is 10.0. The van der Waals surface area contributed by atoms with E-state index in [1.54, 1.807) is 21.3 Å². The fourth-order valence-electron chi connectivity index (χ4n) is 3.63. The number of benzene rings is 2. The molecular weight excluding hydrogens is 398 g/mol. The Morgan fingerprint density at radius 3 is 2.53 bits per heavy atom. The molecule has 5 aromatic rings. The summed E-state index contributed by atoms with van der Waals surface area (Å²) in [4.78, 5) is 12.8. The van der Waals surface area contributed by atoms with Crippen molar-refractivity contribution in [3.8, 4) is 11.3 Å². The molecule has 0 fully saturated rings. The first-order valence-corrected chi connectivity index (χ1v) is 10.2. The first-order valence-electron chi connectivity index (χ1n) is 9.82. The van der Waals surface area contributed by atoms with Crippen LogP contribution in [0.4, 0.5) is 0 Å². The average molecular weight is 418 g/mol. The molecule has 0 N–H and O–H groups in total. The number of aromatic nitrogens is 5. The summed E-state index contributed by atoms with van der Waals surface area (Å²) in [6, 6.07) is 17.8. The Balaban J connectivity index is 1.58. The van der Waals surface area contributed by atoms with Crippen LogP contribution in [-0.4, -0.2) is 23.8 Å². The van der Waals surface area contributed by atoms with E-state index in [-0.39, 0.29) is 5.69 Å². The Labute approximate surface area is 178 Å². The van der Waals surface area contributed by atoms with Gasteiger partial charge in [-0.15, -0.1) is 5.10 Å². The Bertz CT molecular complexity index is 1430. The smallest absolute Gasteiger partial charge is 0.247 e. The zero-order valence-electron chi connectivity index (χ0n) is 16.7. The van der Waals surface area contributed by atoms with Gasteiger partial charge in [0, 0.05) is 23.0 Å². The van der Waals surface area contributed by atoms with Crippen LogP contribution in [0, 0.1) is 0 Å². The zero-order valence-corrected chi connectivity index (χ0v) is 17.4. The topological polar surface area (TPSA) is 56.6 Å². The van der Waals surface area contributed by atoms with Gasteiger partial charge in [-0.2, -0.15) is 5.10 Å². The van der Waals surface area contributed by atoms with Crippen LogP contribution in [0.2, 0.25) is 5.02 Å². The quantitative estimate of drug-likeness (QED) is 0.428. The van der Waals surface area contributed by atoms with Crippen LogP contribution in [0.25, 0.3) is 22.4 Å². The molecule has 0 spiro atoms. The van der Waals surface area contributed by atoms with E-state index in [2.05, 4.69) is 48.3 Å². The number of hydrogen-bond donors (Lipinski definition) is 0. The predicted molar refractivity (Wildman–Crippen MR) is 118 cm³/mol. The first kappa shape index (κ1) is 18.6. The lowest BCUT2D eigenvalue weighted by Crippen LogP contribution is -2.21. The van der Waals surface area contributed by atoms with E-state index in [0.717, 1.165) is 22.3 Å². The molecule has 5 rings (SSSR count). The number of nitrogens with zero attached hydrogens (tertiary/aromatic N) is 5. The minimum Gasteiger partial charge on any atom is -0.247 e. The molecule has 2 aromatic carbocycles. The SMILES string of the molecule is CC(C)c1ccc(-c2cc3c4nn(Cc5cccc(Cl)c5)c(=O)n4ccn3n2)cc1. The second-order valence-corrected chi connectivity index (χ2v) is 8.13. The highest BCUT2D eigenvalue weighted by molar-refractivity contribution is 6.30. The third kappa shape index (κ3) is 3.19. The molecule has 3 heterocycles. The molecule has 7 heteroatoms. The van der Waals surface area contributed by atoms with Crippen LogP contribution in [0.5, 0.6) is 0 Å². The van der Waals surface area contributed by atoms with Crippen molar-refractivity contribution in [2.75, 3.05) is 0 Å². The van der Waals surface area contributed by atoms with Crippen molar-refractivity contribution in [2.45, 2.75) is 26.3 Å². The normalized spacial score (nSPS) is 11.7. The van der Waals surface area contributed by atoms with E-state index in [0.29, 0.717) is 23.1 Å². The molecule has 0 radical (unpaired) electrons. The highest BCUT2D eigenvalue weighted by atomic mass is 35.5. The number of halogens is 1. The zero-order chi connectivity index (χ0) is 20.8. The summed E-state index contributed by atoms with van der Waals surface area (Å²) in [6.45, 7) is 4.70. The van der Waals surface area contributed by atoms with Crippen molar-refractivity contribution in [1.82, 2.24) is 23.8 Å². The minimum absolute atomic E-state index is 0.198. The lowest BCUT2D eigenvalue weighted by Gasteiger charge is -2.05. The van der Waals surface area contributed by atoms with Crippen LogP contribution < -0.4 is 5.69 Å². The Kier molecular flexibility index (Phi) is 4.44. The lowest BCUT2D eigenvalue weighted by molar-refractivity contribution is 0.659. The molecule has 150 valence electrons. The van der Waals surface area contributed by atoms with Gasteiger partial charge in [0.05, 0.1) is 12.2 Å². The monoisotopic (exact) mass is 417 g/mol. The van der Waals surface area contributed by atoms with E-state index in [4.69, 9.17) is 11.6 Å². The highest BCUT2D eigenvalue weighted by Gasteiger charge is 2.14. The number of rotatable bonds is 4. The van der Waals surface area contributed by atoms with Gasteiger partial charge in [-0.25, -0.2) is 18.4 Å². The molecule has 0 saturated heterocycles. The van der Waals surface area contributed by atoms with Crippen molar-refractivity contribution in [3.05, 3.63) is 93.6 Å². The van der Waals surface area contributed by atoms with Gasteiger partial charge in [0.2, 0.25) is 0 Å². The molecule has 0 saturated carbocycles. The first-order chi connectivity index (χ1) is 14.5. The molecule has 3 aromatic heterocycles. The van der Waals surface area contributed by atoms with E-state index < -0.39 is 0 Å². The van der Waals surface area contributed by atoms with E-state index >= 15 is 0 Å². The van der Waals surface area contributed by atoms with Gasteiger partial charge in [0.1, 0.15) is 5.52 Å².